The van der Waals surface area contributed by atoms with E-state index in [0.717, 1.165) is 16.1 Å². The molecule has 1 aromatic carbocycles. The molecular formula is C14H23NO2Si. The van der Waals surface area contributed by atoms with Crippen LogP contribution in [-0.4, -0.2) is 26.3 Å². The van der Waals surface area contributed by atoms with Crippen LogP contribution < -0.4 is 4.43 Å². The largest absolute Gasteiger partial charge is 0.624 e. The van der Waals surface area contributed by atoms with Crippen molar-refractivity contribution in [1.29, 1.82) is 0 Å². The molecule has 0 bridgehead atoms. The normalized spacial score (nSPS) is 13.6. The highest BCUT2D eigenvalue weighted by Crippen LogP contribution is 2.37. The van der Waals surface area contributed by atoms with E-state index in [1.54, 1.807) is 0 Å². The molecule has 1 aromatic rings. The Morgan fingerprint density at radius 3 is 2.06 bits per heavy atom. The van der Waals surface area contributed by atoms with E-state index >= 15 is 0 Å². The molecule has 0 saturated carbocycles. The Morgan fingerprint density at radius 2 is 1.67 bits per heavy atom. The highest BCUT2D eigenvalue weighted by molar-refractivity contribution is 6.74. The number of hydrogen-bond donors (Lipinski definition) is 0. The minimum Gasteiger partial charge on any atom is -0.624 e. The van der Waals surface area contributed by atoms with Crippen LogP contribution in [0.5, 0.6) is 5.75 Å². The lowest BCUT2D eigenvalue weighted by Crippen LogP contribution is -2.43. The predicted octanol–water partition coefficient (Wildman–Crippen LogP) is 3.63. The average molecular weight is 265 g/mol. The van der Waals surface area contributed by atoms with Crippen molar-refractivity contribution in [1.82, 2.24) is 0 Å². The minimum atomic E-state index is -1.78. The van der Waals surface area contributed by atoms with Gasteiger partial charge in [-0.05, 0) is 42.4 Å². The summed E-state index contributed by atoms with van der Waals surface area (Å²) in [6, 6.07) is 7.65. The summed E-state index contributed by atoms with van der Waals surface area (Å²) < 4.78 is 6.95. The molecule has 0 N–H and O–H groups in total. The Kier molecular flexibility index (Phi) is 4.22. The molecule has 0 amide bonds. The number of benzene rings is 1. The lowest BCUT2D eigenvalue weighted by atomic mass is 10.2. The van der Waals surface area contributed by atoms with Crippen LogP contribution in [0.15, 0.2) is 24.3 Å². The van der Waals surface area contributed by atoms with Gasteiger partial charge in [-0.3, -0.25) is 0 Å². The third-order valence-corrected chi connectivity index (χ3v) is 7.75. The molecule has 1 rings (SSSR count). The van der Waals surface area contributed by atoms with Gasteiger partial charge < -0.3 is 9.63 Å². The molecule has 4 heteroatoms. The van der Waals surface area contributed by atoms with Gasteiger partial charge in [0.25, 0.3) is 0 Å². The summed E-state index contributed by atoms with van der Waals surface area (Å²) >= 11 is 0. The van der Waals surface area contributed by atoms with E-state index < -0.39 is 8.32 Å². The van der Waals surface area contributed by atoms with Crippen LogP contribution in [0.2, 0.25) is 18.1 Å². The molecule has 0 saturated heterocycles. The maximum atomic E-state index is 10.9. The fourth-order valence-electron chi connectivity index (χ4n) is 1.28. The fraction of sp³-hybridized carbons (Fsp3) is 0.500. The van der Waals surface area contributed by atoms with E-state index in [9.17, 15) is 5.21 Å². The van der Waals surface area contributed by atoms with Crippen LogP contribution in [-0.2, 0) is 0 Å². The van der Waals surface area contributed by atoms with Crippen molar-refractivity contribution >= 4 is 14.5 Å². The monoisotopic (exact) mass is 265 g/mol. The van der Waals surface area contributed by atoms with Crippen LogP contribution in [0.1, 0.15) is 26.3 Å². The lowest BCUT2D eigenvalue weighted by molar-refractivity contribution is -0.416. The first kappa shape index (κ1) is 14.8. The fourth-order valence-corrected chi connectivity index (χ4v) is 2.31. The van der Waals surface area contributed by atoms with Gasteiger partial charge in [-0.25, -0.2) is 4.74 Å². The molecule has 18 heavy (non-hydrogen) atoms. The van der Waals surface area contributed by atoms with E-state index in [0.29, 0.717) is 0 Å². The van der Waals surface area contributed by atoms with E-state index in [4.69, 9.17) is 4.43 Å². The molecule has 0 spiro atoms. The van der Waals surface area contributed by atoms with Gasteiger partial charge in [-0.1, -0.05) is 20.8 Å². The number of rotatable bonds is 3. The Balaban J connectivity index is 2.85. The summed E-state index contributed by atoms with van der Waals surface area (Å²) in [5.41, 5.74) is 0.884. The molecular weight excluding hydrogens is 242 g/mol. The molecule has 100 valence electrons. The van der Waals surface area contributed by atoms with E-state index in [2.05, 4.69) is 33.9 Å². The van der Waals surface area contributed by atoms with Crippen molar-refractivity contribution < 1.29 is 9.16 Å². The molecule has 0 heterocycles. The SMILES string of the molecule is C/[N+]([O-])=C\c1ccc(O[Si](C)(C)C(C)(C)C)cc1. The first-order chi connectivity index (χ1) is 8.12. The quantitative estimate of drug-likeness (QED) is 0.275. The van der Waals surface area contributed by atoms with Crippen LogP contribution in [0.4, 0.5) is 0 Å². The molecule has 3 nitrogen and oxygen atoms in total. The summed E-state index contributed by atoms with van der Waals surface area (Å²) in [6.07, 6.45) is 1.54. The summed E-state index contributed by atoms with van der Waals surface area (Å²) in [4.78, 5) is 0. The maximum absolute atomic E-state index is 10.9. The van der Waals surface area contributed by atoms with Crippen molar-refractivity contribution in [3.8, 4) is 5.75 Å². The summed E-state index contributed by atoms with van der Waals surface area (Å²) in [6.45, 7) is 11.1. The smallest absolute Gasteiger partial charge is 0.250 e. The molecule has 0 atom stereocenters. The Bertz CT molecular complexity index is 426. The Hall–Kier alpha value is -1.29. The third kappa shape index (κ3) is 3.87. The first-order valence-electron chi connectivity index (χ1n) is 6.16. The van der Waals surface area contributed by atoms with Gasteiger partial charge in [0.05, 0.1) is 0 Å². The summed E-state index contributed by atoms with van der Waals surface area (Å²) in [5, 5.41) is 11.1. The zero-order chi connectivity index (χ0) is 14.0. The van der Waals surface area contributed by atoms with Crippen LogP contribution in [0, 0.1) is 5.21 Å². The second-order valence-electron chi connectivity index (χ2n) is 6.11. The van der Waals surface area contributed by atoms with E-state index in [1.807, 2.05) is 24.3 Å². The zero-order valence-corrected chi connectivity index (χ0v) is 13.2. The third-order valence-electron chi connectivity index (χ3n) is 3.39. The summed E-state index contributed by atoms with van der Waals surface area (Å²) in [7, 11) is -0.305. The Labute approximate surface area is 111 Å². The minimum absolute atomic E-state index is 0.188. The van der Waals surface area contributed by atoms with Crippen molar-refractivity contribution in [2.45, 2.75) is 38.9 Å². The first-order valence-corrected chi connectivity index (χ1v) is 9.06. The van der Waals surface area contributed by atoms with E-state index in [1.165, 1.54) is 13.3 Å². The van der Waals surface area contributed by atoms with Gasteiger partial charge in [0.1, 0.15) is 12.8 Å². The van der Waals surface area contributed by atoms with Gasteiger partial charge in [-0.15, -0.1) is 0 Å². The lowest BCUT2D eigenvalue weighted by Gasteiger charge is -2.36. The van der Waals surface area contributed by atoms with Crippen LogP contribution >= 0.6 is 0 Å². The molecule has 0 aliphatic heterocycles. The van der Waals surface area contributed by atoms with Gasteiger partial charge in [-0.2, -0.15) is 0 Å². The number of hydrogen-bond acceptors (Lipinski definition) is 2. The zero-order valence-electron chi connectivity index (χ0n) is 12.2. The van der Waals surface area contributed by atoms with Gasteiger partial charge in [0.2, 0.25) is 8.32 Å². The second-order valence-corrected chi connectivity index (χ2v) is 10.8. The molecule has 0 aliphatic carbocycles. The van der Waals surface area contributed by atoms with Crippen molar-refractivity contribution in [3.63, 3.8) is 0 Å². The van der Waals surface area contributed by atoms with Gasteiger partial charge in [0.15, 0.2) is 6.21 Å². The average Bonchev–Trinajstić information content (AvgIpc) is 2.18. The Morgan fingerprint density at radius 1 is 1.17 bits per heavy atom. The number of nitrogens with zero attached hydrogens (tertiary/aromatic N) is 1. The number of hydroxylamine groups is 1. The van der Waals surface area contributed by atoms with Crippen molar-refractivity contribution in [2.24, 2.45) is 0 Å². The highest BCUT2D eigenvalue weighted by Gasteiger charge is 2.38. The molecule has 0 radical (unpaired) electrons. The highest BCUT2D eigenvalue weighted by atomic mass is 28.4. The standard InChI is InChI=1S/C14H23NO2Si/c1-14(2,3)18(5,6)17-13-9-7-12(8-10-13)11-15(4)16/h7-11H,1-6H3/b15-11+. The molecule has 0 aromatic heterocycles. The van der Waals surface area contributed by atoms with Gasteiger partial charge in [0, 0.05) is 5.56 Å². The van der Waals surface area contributed by atoms with Crippen molar-refractivity contribution in [3.05, 3.63) is 35.0 Å². The summed E-state index contributed by atoms with van der Waals surface area (Å²) in [5.74, 6) is 0.882. The molecule has 0 unspecified atom stereocenters. The van der Waals surface area contributed by atoms with Crippen LogP contribution in [0.25, 0.3) is 0 Å². The maximum Gasteiger partial charge on any atom is 0.250 e. The predicted molar refractivity (Wildman–Crippen MR) is 79.0 cm³/mol. The topological polar surface area (TPSA) is 35.3 Å². The molecule has 0 fully saturated rings. The van der Waals surface area contributed by atoms with Gasteiger partial charge >= 0.3 is 0 Å². The second kappa shape index (κ2) is 5.14. The molecule has 0 aliphatic rings. The van der Waals surface area contributed by atoms with Crippen LogP contribution in [0.3, 0.4) is 0 Å². The van der Waals surface area contributed by atoms with E-state index in [-0.39, 0.29) is 5.04 Å². The van der Waals surface area contributed by atoms with Crippen molar-refractivity contribution in [2.75, 3.05) is 7.05 Å².